The van der Waals surface area contributed by atoms with Crippen molar-refractivity contribution in [2.24, 2.45) is 0 Å². The molecule has 2 nitrogen and oxygen atoms in total. The minimum Gasteiger partial charge on any atom is -0.456 e. The van der Waals surface area contributed by atoms with Crippen LogP contribution in [0.2, 0.25) is 0 Å². The van der Waals surface area contributed by atoms with E-state index in [9.17, 15) is 4.79 Å². The van der Waals surface area contributed by atoms with E-state index in [1.54, 1.807) is 0 Å². The number of esters is 1. The van der Waals surface area contributed by atoms with Gasteiger partial charge in [0, 0.05) is 11.3 Å². The summed E-state index contributed by atoms with van der Waals surface area (Å²) in [7, 11) is 0. The average Bonchev–Trinajstić information content (AvgIpc) is 2.31. The molecule has 0 aromatic carbocycles. The largest absolute Gasteiger partial charge is 0.456 e. The third-order valence-electron chi connectivity index (χ3n) is 2.38. The average molecular weight is 289 g/mol. The van der Waals surface area contributed by atoms with Crippen LogP contribution in [-0.4, -0.2) is 17.9 Å². The van der Waals surface area contributed by atoms with Gasteiger partial charge in [-0.25, -0.2) is 4.79 Å². The number of carbonyl (C=O) groups excluding carboxylic acids is 1. The zero-order valence-corrected chi connectivity index (χ0v) is 11.4. The third kappa shape index (κ3) is 11.6. The quantitative estimate of drug-likeness (QED) is 0.202. The summed E-state index contributed by atoms with van der Waals surface area (Å²) >= 11 is 3.42. The number of terminal acetylenes is 1. The highest BCUT2D eigenvalue weighted by Crippen LogP contribution is 2.09. The lowest BCUT2D eigenvalue weighted by atomic mass is 10.1. The molecule has 0 saturated heterocycles. The first-order chi connectivity index (χ1) is 7.81. The van der Waals surface area contributed by atoms with Gasteiger partial charge in [-0.15, -0.1) is 6.42 Å². The summed E-state index contributed by atoms with van der Waals surface area (Å²) in [6, 6.07) is 0. The van der Waals surface area contributed by atoms with Gasteiger partial charge in [0.1, 0.15) is 0 Å². The Hall–Kier alpha value is -0.490. The van der Waals surface area contributed by atoms with E-state index in [1.165, 1.54) is 38.5 Å². The smallest absolute Gasteiger partial charge is 0.384 e. The van der Waals surface area contributed by atoms with Crippen molar-refractivity contribution in [2.75, 3.05) is 11.9 Å². The van der Waals surface area contributed by atoms with Gasteiger partial charge in [0.2, 0.25) is 0 Å². The summed E-state index contributed by atoms with van der Waals surface area (Å²) in [5.74, 6) is 1.38. The topological polar surface area (TPSA) is 26.3 Å². The Labute approximate surface area is 107 Å². The van der Waals surface area contributed by atoms with E-state index in [4.69, 9.17) is 11.2 Å². The van der Waals surface area contributed by atoms with Crippen LogP contribution >= 0.6 is 15.9 Å². The maximum absolute atomic E-state index is 10.6. The molecule has 0 spiro atoms. The van der Waals surface area contributed by atoms with Crippen LogP contribution < -0.4 is 0 Å². The van der Waals surface area contributed by atoms with Crippen molar-refractivity contribution in [1.29, 1.82) is 0 Å². The fourth-order valence-electron chi connectivity index (χ4n) is 1.46. The van der Waals surface area contributed by atoms with E-state index in [-0.39, 0.29) is 0 Å². The summed E-state index contributed by atoms with van der Waals surface area (Å²) in [6.45, 7) is 0.465. The second-order valence-electron chi connectivity index (χ2n) is 3.80. The molecule has 0 aromatic rings. The van der Waals surface area contributed by atoms with Gasteiger partial charge in [0.15, 0.2) is 0 Å². The van der Waals surface area contributed by atoms with E-state index in [0.717, 1.165) is 18.2 Å². The predicted octanol–water partition coefficient (Wildman–Crippen LogP) is 3.68. The monoisotopic (exact) mass is 288 g/mol. The van der Waals surface area contributed by atoms with Gasteiger partial charge in [-0.05, 0) is 12.8 Å². The lowest BCUT2D eigenvalue weighted by Gasteiger charge is -2.02. The zero-order chi connectivity index (χ0) is 12.1. The standard InChI is InChI=1S/C13H21BrO2/c1-2-13(15)16-12-10-8-6-4-3-5-7-9-11-14/h1H,3-12H2. The van der Waals surface area contributed by atoms with Crippen LogP contribution in [-0.2, 0) is 9.53 Å². The molecule has 0 bridgehead atoms. The molecular formula is C13H21BrO2. The number of hydrogen-bond acceptors (Lipinski definition) is 2. The maximum Gasteiger partial charge on any atom is 0.384 e. The first-order valence-electron chi connectivity index (χ1n) is 6.00. The highest BCUT2D eigenvalue weighted by molar-refractivity contribution is 9.09. The van der Waals surface area contributed by atoms with Crippen molar-refractivity contribution in [3.63, 3.8) is 0 Å². The Balaban J connectivity index is 2.99. The summed E-state index contributed by atoms with van der Waals surface area (Å²) in [4.78, 5) is 10.6. The van der Waals surface area contributed by atoms with Gasteiger partial charge >= 0.3 is 5.97 Å². The Morgan fingerprint density at radius 1 is 1.00 bits per heavy atom. The molecule has 0 atom stereocenters. The number of ether oxygens (including phenoxy) is 1. The van der Waals surface area contributed by atoms with E-state index < -0.39 is 5.97 Å². The Morgan fingerprint density at radius 3 is 2.00 bits per heavy atom. The summed E-state index contributed by atoms with van der Waals surface area (Å²) in [5.41, 5.74) is 0. The van der Waals surface area contributed by atoms with Gasteiger partial charge in [-0.3, -0.25) is 0 Å². The number of alkyl halides is 1. The van der Waals surface area contributed by atoms with Crippen molar-refractivity contribution in [2.45, 2.75) is 51.4 Å². The molecule has 0 aliphatic rings. The molecule has 0 amide bonds. The molecule has 0 fully saturated rings. The SMILES string of the molecule is C#CC(=O)OCCCCCCCCCCBr. The van der Waals surface area contributed by atoms with Gasteiger partial charge < -0.3 is 4.74 Å². The number of unbranched alkanes of at least 4 members (excludes halogenated alkanes) is 7. The maximum atomic E-state index is 10.6. The van der Waals surface area contributed by atoms with Crippen molar-refractivity contribution >= 4 is 21.9 Å². The molecule has 0 radical (unpaired) electrons. The second-order valence-corrected chi connectivity index (χ2v) is 4.59. The van der Waals surface area contributed by atoms with Crippen LogP contribution in [0.3, 0.4) is 0 Å². The summed E-state index contributed by atoms with van der Waals surface area (Å²) in [5, 5.41) is 1.12. The fraction of sp³-hybridized carbons (Fsp3) is 0.769. The molecular weight excluding hydrogens is 268 g/mol. The number of halogens is 1. The van der Waals surface area contributed by atoms with Gasteiger partial charge in [0.25, 0.3) is 0 Å². The van der Waals surface area contributed by atoms with Gasteiger partial charge in [0.05, 0.1) is 6.61 Å². The molecule has 0 aromatic heterocycles. The van der Waals surface area contributed by atoms with Crippen LogP contribution in [0.25, 0.3) is 0 Å². The first kappa shape index (κ1) is 15.5. The molecule has 3 heteroatoms. The zero-order valence-electron chi connectivity index (χ0n) is 9.84. The van der Waals surface area contributed by atoms with Gasteiger partial charge in [-0.1, -0.05) is 54.5 Å². The van der Waals surface area contributed by atoms with E-state index in [2.05, 4.69) is 15.9 Å². The van der Waals surface area contributed by atoms with E-state index >= 15 is 0 Å². The number of rotatable bonds is 10. The summed E-state index contributed by atoms with van der Waals surface area (Å²) in [6.07, 6.45) is 14.7. The minimum atomic E-state index is -0.547. The van der Waals surface area contributed by atoms with Crippen molar-refractivity contribution in [3.8, 4) is 12.3 Å². The fourth-order valence-corrected chi connectivity index (χ4v) is 1.86. The van der Waals surface area contributed by atoms with Crippen LogP contribution in [0.15, 0.2) is 0 Å². The number of hydrogen-bond donors (Lipinski definition) is 0. The molecule has 0 heterocycles. The lowest BCUT2D eigenvalue weighted by molar-refractivity contribution is -0.136. The third-order valence-corrected chi connectivity index (χ3v) is 2.94. The predicted molar refractivity (Wildman–Crippen MR) is 70.5 cm³/mol. The molecule has 0 aliphatic carbocycles. The second kappa shape index (κ2) is 12.6. The molecule has 0 rings (SSSR count). The van der Waals surface area contributed by atoms with Crippen LogP contribution in [0, 0.1) is 12.3 Å². The van der Waals surface area contributed by atoms with Crippen molar-refractivity contribution in [3.05, 3.63) is 0 Å². The highest BCUT2D eigenvalue weighted by atomic mass is 79.9. The van der Waals surface area contributed by atoms with Crippen LogP contribution in [0.5, 0.6) is 0 Å². The van der Waals surface area contributed by atoms with E-state index in [1.807, 2.05) is 5.92 Å². The first-order valence-corrected chi connectivity index (χ1v) is 7.12. The Kier molecular flexibility index (Phi) is 12.2. The van der Waals surface area contributed by atoms with Crippen LogP contribution in [0.1, 0.15) is 51.4 Å². The lowest BCUT2D eigenvalue weighted by Crippen LogP contribution is -2.02. The molecule has 0 unspecified atom stereocenters. The molecule has 0 saturated carbocycles. The Morgan fingerprint density at radius 2 is 1.50 bits per heavy atom. The van der Waals surface area contributed by atoms with Crippen molar-refractivity contribution < 1.29 is 9.53 Å². The Bertz CT molecular complexity index is 208. The van der Waals surface area contributed by atoms with Gasteiger partial charge in [-0.2, -0.15) is 0 Å². The molecule has 92 valence electrons. The highest BCUT2D eigenvalue weighted by Gasteiger charge is 1.96. The molecule has 0 N–H and O–H groups in total. The normalized spacial score (nSPS) is 9.75. The molecule has 0 aliphatic heterocycles. The minimum absolute atomic E-state index is 0.465. The van der Waals surface area contributed by atoms with Crippen molar-refractivity contribution in [1.82, 2.24) is 0 Å². The number of carbonyl (C=O) groups is 1. The van der Waals surface area contributed by atoms with Crippen LogP contribution in [0.4, 0.5) is 0 Å². The summed E-state index contributed by atoms with van der Waals surface area (Å²) < 4.78 is 4.77. The van der Waals surface area contributed by atoms with E-state index in [0.29, 0.717) is 6.61 Å². The molecule has 16 heavy (non-hydrogen) atoms.